The van der Waals surface area contributed by atoms with Gasteiger partial charge >= 0.3 is 0 Å². The molecule has 2 aromatic carbocycles. The van der Waals surface area contributed by atoms with Crippen LogP contribution in [0.15, 0.2) is 60.8 Å². The van der Waals surface area contributed by atoms with Crippen LogP contribution in [0.25, 0.3) is 27.9 Å². The molecule has 3 aromatic rings. The number of carbonyl (C=O) groups is 1. The van der Waals surface area contributed by atoms with E-state index in [0.717, 1.165) is 22.9 Å². The monoisotopic (exact) mass is 447 g/mol. The highest BCUT2D eigenvalue weighted by Crippen LogP contribution is 2.33. The Morgan fingerprint density at radius 1 is 1.06 bits per heavy atom. The Balaban J connectivity index is 1.84. The average Bonchev–Trinajstić information content (AvgIpc) is 2.72. The van der Waals surface area contributed by atoms with Gasteiger partial charge in [0.1, 0.15) is 0 Å². The Morgan fingerprint density at radius 3 is 2.41 bits per heavy atom. The molecule has 0 saturated carbocycles. The van der Waals surface area contributed by atoms with Crippen LogP contribution in [-0.2, 0) is 20.2 Å². The predicted octanol–water partition coefficient (Wildman–Crippen LogP) is 4.88. The summed E-state index contributed by atoms with van der Waals surface area (Å²) < 4.78 is 25.3. The van der Waals surface area contributed by atoms with Crippen LogP contribution >= 0.6 is 0 Å². The molecule has 4 rings (SSSR count). The molecular formula is C25H25N3O3S. The summed E-state index contributed by atoms with van der Waals surface area (Å²) >= 11 is 0. The number of hydrogen-bond acceptors (Lipinski definition) is 5. The second-order valence-electron chi connectivity index (χ2n) is 8.98. The SMILES string of the molecule is CC(C)(C)c1cc(C2=CC=CCC2=O)c2ncc(-c3ccc(NS(C)(=O)=O)cc3)nc2c1. The van der Waals surface area contributed by atoms with Gasteiger partial charge in [0.2, 0.25) is 10.0 Å². The third kappa shape index (κ3) is 4.62. The van der Waals surface area contributed by atoms with E-state index in [1.807, 2.05) is 30.4 Å². The number of nitrogens with one attached hydrogen (secondary N) is 1. The van der Waals surface area contributed by atoms with Crippen molar-refractivity contribution in [1.29, 1.82) is 0 Å². The van der Waals surface area contributed by atoms with Gasteiger partial charge in [-0.15, -0.1) is 0 Å². The van der Waals surface area contributed by atoms with Crippen molar-refractivity contribution in [2.75, 3.05) is 11.0 Å². The Labute approximate surface area is 188 Å². The maximum atomic E-state index is 12.6. The lowest BCUT2D eigenvalue weighted by Gasteiger charge is -2.22. The van der Waals surface area contributed by atoms with Gasteiger partial charge < -0.3 is 0 Å². The molecule has 0 spiro atoms. The molecule has 0 radical (unpaired) electrons. The van der Waals surface area contributed by atoms with Gasteiger partial charge in [0.05, 0.1) is 29.2 Å². The first-order valence-electron chi connectivity index (χ1n) is 10.3. The van der Waals surface area contributed by atoms with Crippen LogP contribution in [0.4, 0.5) is 5.69 Å². The van der Waals surface area contributed by atoms with E-state index in [1.165, 1.54) is 0 Å². The van der Waals surface area contributed by atoms with Crippen LogP contribution in [-0.4, -0.2) is 30.4 Å². The van der Waals surface area contributed by atoms with Crippen LogP contribution in [0.2, 0.25) is 0 Å². The quantitative estimate of drug-likeness (QED) is 0.616. The third-order valence-electron chi connectivity index (χ3n) is 5.29. The number of nitrogens with zero attached hydrogens (tertiary/aromatic N) is 2. The number of rotatable bonds is 4. The van der Waals surface area contributed by atoms with Crippen LogP contribution in [0.5, 0.6) is 0 Å². The number of hydrogen-bond donors (Lipinski definition) is 1. The van der Waals surface area contributed by atoms with Gasteiger partial charge in [0.15, 0.2) is 5.78 Å². The van der Waals surface area contributed by atoms with Gasteiger partial charge in [-0.2, -0.15) is 0 Å². The van der Waals surface area contributed by atoms with Crippen LogP contribution in [0.3, 0.4) is 0 Å². The highest BCUT2D eigenvalue weighted by atomic mass is 32.2. The fourth-order valence-corrected chi connectivity index (χ4v) is 4.17. The molecule has 32 heavy (non-hydrogen) atoms. The summed E-state index contributed by atoms with van der Waals surface area (Å²) in [6.07, 6.45) is 8.78. The molecular weight excluding hydrogens is 422 g/mol. The summed E-state index contributed by atoms with van der Waals surface area (Å²) in [5.41, 5.74) is 5.77. The second kappa shape index (κ2) is 7.98. The summed E-state index contributed by atoms with van der Waals surface area (Å²) in [5.74, 6) is 0.0692. The Kier molecular flexibility index (Phi) is 5.46. The van der Waals surface area contributed by atoms with Crippen LogP contribution in [0, 0.1) is 0 Å². The van der Waals surface area contributed by atoms with E-state index in [2.05, 4.69) is 30.5 Å². The number of fused-ring (bicyclic) bond motifs is 1. The number of Topliss-reactive ketones (excluding diaryl/α,β-unsaturated/α-hetero) is 1. The first kappa shape index (κ1) is 21.9. The molecule has 164 valence electrons. The average molecular weight is 448 g/mol. The molecule has 0 atom stereocenters. The molecule has 0 aliphatic heterocycles. The fraction of sp³-hybridized carbons (Fsp3) is 0.240. The first-order valence-corrected chi connectivity index (χ1v) is 12.2. The van der Waals surface area contributed by atoms with Crippen molar-refractivity contribution in [3.8, 4) is 11.3 Å². The summed E-state index contributed by atoms with van der Waals surface area (Å²) in [6, 6.07) is 11.1. The van der Waals surface area contributed by atoms with Crippen molar-refractivity contribution < 1.29 is 13.2 Å². The molecule has 0 bridgehead atoms. The summed E-state index contributed by atoms with van der Waals surface area (Å²) in [6.45, 7) is 6.37. The van der Waals surface area contributed by atoms with Crippen molar-refractivity contribution in [3.05, 3.63) is 72.0 Å². The van der Waals surface area contributed by atoms with Crippen LogP contribution in [0.1, 0.15) is 38.3 Å². The van der Waals surface area contributed by atoms with Gasteiger partial charge in [0.25, 0.3) is 0 Å². The molecule has 0 saturated heterocycles. The molecule has 0 unspecified atom stereocenters. The number of carbonyl (C=O) groups excluding carboxylic acids is 1. The zero-order chi connectivity index (χ0) is 23.1. The molecule has 7 heteroatoms. The van der Waals surface area contributed by atoms with Gasteiger partial charge in [-0.1, -0.05) is 51.1 Å². The van der Waals surface area contributed by atoms with Crippen molar-refractivity contribution in [2.24, 2.45) is 0 Å². The normalized spacial score (nSPS) is 14.5. The van der Waals surface area contributed by atoms with Crippen LogP contribution < -0.4 is 4.72 Å². The molecule has 1 N–H and O–H groups in total. The number of ketones is 1. The molecule has 0 fully saturated rings. The summed E-state index contributed by atoms with van der Waals surface area (Å²) in [7, 11) is -3.34. The summed E-state index contributed by atoms with van der Waals surface area (Å²) in [5, 5.41) is 0. The zero-order valence-corrected chi connectivity index (χ0v) is 19.3. The minimum absolute atomic E-state index is 0.0692. The smallest absolute Gasteiger partial charge is 0.229 e. The number of anilines is 1. The minimum Gasteiger partial charge on any atom is -0.294 e. The van der Waals surface area contributed by atoms with Crippen molar-refractivity contribution in [2.45, 2.75) is 32.6 Å². The largest absolute Gasteiger partial charge is 0.294 e. The van der Waals surface area contributed by atoms with E-state index in [1.54, 1.807) is 30.5 Å². The maximum Gasteiger partial charge on any atom is 0.229 e. The van der Waals surface area contributed by atoms with Gasteiger partial charge in [0, 0.05) is 28.8 Å². The molecule has 1 aliphatic rings. The highest BCUT2D eigenvalue weighted by Gasteiger charge is 2.22. The van der Waals surface area contributed by atoms with Gasteiger partial charge in [-0.05, 0) is 35.2 Å². The van der Waals surface area contributed by atoms with Crippen molar-refractivity contribution in [1.82, 2.24) is 9.97 Å². The fourth-order valence-electron chi connectivity index (χ4n) is 3.61. The topological polar surface area (TPSA) is 89.0 Å². The van der Waals surface area contributed by atoms with E-state index in [9.17, 15) is 13.2 Å². The molecule has 1 heterocycles. The lowest BCUT2D eigenvalue weighted by molar-refractivity contribution is -0.113. The van der Waals surface area contributed by atoms with Gasteiger partial charge in [-0.25, -0.2) is 13.4 Å². The van der Waals surface area contributed by atoms with E-state index in [0.29, 0.717) is 34.4 Å². The van der Waals surface area contributed by atoms with Crippen molar-refractivity contribution in [3.63, 3.8) is 0 Å². The lowest BCUT2D eigenvalue weighted by Crippen LogP contribution is -2.13. The Hall–Kier alpha value is -3.32. The lowest BCUT2D eigenvalue weighted by atomic mass is 9.83. The van der Waals surface area contributed by atoms with E-state index in [4.69, 9.17) is 4.98 Å². The van der Waals surface area contributed by atoms with E-state index in [-0.39, 0.29) is 11.2 Å². The zero-order valence-electron chi connectivity index (χ0n) is 18.5. The molecule has 1 aliphatic carbocycles. The van der Waals surface area contributed by atoms with Gasteiger partial charge in [-0.3, -0.25) is 14.5 Å². The molecule has 1 aromatic heterocycles. The third-order valence-corrected chi connectivity index (χ3v) is 5.90. The second-order valence-corrected chi connectivity index (χ2v) is 10.7. The number of allylic oxidation sites excluding steroid dienone is 4. The van der Waals surface area contributed by atoms with Crippen molar-refractivity contribution >= 4 is 38.1 Å². The highest BCUT2D eigenvalue weighted by molar-refractivity contribution is 7.92. The van der Waals surface area contributed by atoms with E-state index < -0.39 is 10.0 Å². The number of sulfonamides is 1. The molecule has 6 nitrogen and oxygen atoms in total. The minimum atomic E-state index is -3.34. The first-order chi connectivity index (χ1) is 15.0. The Bertz CT molecular complexity index is 1380. The van der Waals surface area contributed by atoms with E-state index >= 15 is 0 Å². The predicted molar refractivity (Wildman–Crippen MR) is 129 cm³/mol. The standard InChI is InChI=1S/C25H25N3O3S/c1-25(2,3)17-13-20(19-7-5-6-8-23(19)29)24-21(14-17)27-22(15-26-24)16-9-11-18(12-10-16)28-32(4,30)31/h5-7,9-15,28H,8H2,1-4H3. The Morgan fingerprint density at radius 2 is 1.78 bits per heavy atom. The summed E-state index contributed by atoms with van der Waals surface area (Å²) in [4.78, 5) is 22.1. The maximum absolute atomic E-state index is 12.6. The number of benzene rings is 2. The molecule has 0 amide bonds. The number of aromatic nitrogens is 2.